The van der Waals surface area contributed by atoms with Crippen LogP contribution in [0.1, 0.15) is 77.6 Å². The molecule has 2 heteroatoms. The van der Waals surface area contributed by atoms with E-state index in [1.807, 2.05) is 0 Å². The van der Waals surface area contributed by atoms with Crippen LogP contribution >= 0.6 is 0 Å². The Bertz CT molecular complexity index is 271. The van der Waals surface area contributed by atoms with E-state index >= 15 is 0 Å². The molecule has 2 saturated carbocycles. The number of carboxylic acid groups (broad SMARTS) is 1. The van der Waals surface area contributed by atoms with Gasteiger partial charge in [0.2, 0.25) is 0 Å². The maximum absolute atomic E-state index is 11.8. The van der Waals surface area contributed by atoms with Gasteiger partial charge in [-0.25, -0.2) is 0 Å². The molecule has 0 bridgehead atoms. The highest BCUT2D eigenvalue weighted by molar-refractivity contribution is 5.75. The topological polar surface area (TPSA) is 37.3 Å². The fourth-order valence-electron chi connectivity index (χ4n) is 4.34. The second-order valence-corrected chi connectivity index (χ2v) is 6.53. The number of carboxylic acids is 1. The van der Waals surface area contributed by atoms with Gasteiger partial charge in [0.15, 0.2) is 0 Å². The highest BCUT2D eigenvalue weighted by atomic mass is 16.4. The van der Waals surface area contributed by atoms with Crippen molar-refractivity contribution in [3.05, 3.63) is 0 Å². The lowest BCUT2D eigenvalue weighted by Crippen LogP contribution is -2.42. The number of carbonyl (C=O) groups is 1. The summed E-state index contributed by atoms with van der Waals surface area (Å²) in [6, 6.07) is 0. The van der Waals surface area contributed by atoms with Gasteiger partial charge in [-0.05, 0) is 50.4 Å². The molecule has 0 aromatic rings. The molecule has 18 heavy (non-hydrogen) atoms. The average molecular weight is 252 g/mol. The minimum Gasteiger partial charge on any atom is -0.481 e. The molecule has 0 radical (unpaired) electrons. The number of rotatable bonds is 4. The molecule has 0 spiro atoms. The van der Waals surface area contributed by atoms with Crippen molar-refractivity contribution >= 4 is 5.97 Å². The summed E-state index contributed by atoms with van der Waals surface area (Å²) in [6.07, 6.45) is 12.8. The molecule has 2 nitrogen and oxygen atoms in total. The van der Waals surface area contributed by atoms with Crippen LogP contribution in [-0.2, 0) is 4.79 Å². The highest BCUT2D eigenvalue weighted by Gasteiger charge is 2.47. The van der Waals surface area contributed by atoms with Gasteiger partial charge in [-0.15, -0.1) is 0 Å². The minimum atomic E-state index is -0.496. The Morgan fingerprint density at radius 1 is 1.11 bits per heavy atom. The molecule has 0 aromatic heterocycles. The summed E-state index contributed by atoms with van der Waals surface area (Å²) in [5, 5.41) is 9.76. The van der Waals surface area contributed by atoms with Crippen LogP contribution in [0.4, 0.5) is 0 Å². The predicted molar refractivity (Wildman–Crippen MR) is 73.5 cm³/mol. The van der Waals surface area contributed by atoms with E-state index in [-0.39, 0.29) is 5.41 Å². The van der Waals surface area contributed by atoms with E-state index in [1.165, 1.54) is 32.1 Å². The van der Waals surface area contributed by atoms with Gasteiger partial charge in [0, 0.05) is 0 Å². The Morgan fingerprint density at radius 2 is 1.72 bits per heavy atom. The van der Waals surface area contributed by atoms with E-state index in [2.05, 4.69) is 6.92 Å². The van der Waals surface area contributed by atoms with Crippen LogP contribution in [0.15, 0.2) is 0 Å². The zero-order valence-electron chi connectivity index (χ0n) is 11.8. The van der Waals surface area contributed by atoms with Gasteiger partial charge in [0.1, 0.15) is 0 Å². The first-order chi connectivity index (χ1) is 8.69. The molecule has 2 aliphatic rings. The summed E-state index contributed by atoms with van der Waals surface area (Å²) in [4.78, 5) is 11.8. The molecule has 2 fully saturated rings. The molecule has 0 saturated heterocycles. The Balaban J connectivity index is 2.02. The fourth-order valence-corrected chi connectivity index (χ4v) is 4.34. The lowest BCUT2D eigenvalue weighted by atomic mass is 9.60. The van der Waals surface area contributed by atoms with Gasteiger partial charge < -0.3 is 5.11 Å². The van der Waals surface area contributed by atoms with Crippen LogP contribution < -0.4 is 0 Å². The first-order valence-electron chi connectivity index (χ1n) is 7.92. The highest BCUT2D eigenvalue weighted by Crippen LogP contribution is 2.50. The molecular weight excluding hydrogens is 224 g/mol. The molecule has 0 amide bonds. The molecule has 0 unspecified atom stereocenters. The van der Waals surface area contributed by atoms with Crippen molar-refractivity contribution in [3.8, 4) is 0 Å². The quantitative estimate of drug-likeness (QED) is 0.792. The molecule has 0 aliphatic heterocycles. The number of hydrogen-bond acceptors (Lipinski definition) is 1. The van der Waals surface area contributed by atoms with Crippen LogP contribution in [0.5, 0.6) is 0 Å². The third-order valence-electron chi connectivity index (χ3n) is 5.51. The van der Waals surface area contributed by atoms with E-state index in [0.29, 0.717) is 5.92 Å². The number of hydrogen-bond donors (Lipinski definition) is 1. The van der Waals surface area contributed by atoms with Gasteiger partial charge in [-0.3, -0.25) is 4.79 Å². The molecule has 0 atom stereocenters. The van der Waals surface area contributed by atoms with Crippen molar-refractivity contribution in [2.75, 3.05) is 0 Å². The van der Waals surface area contributed by atoms with Crippen molar-refractivity contribution in [2.24, 2.45) is 17.3 Å². The lowest BCUT2D eigenvalue weighted by molar-refractivity contribution is -0.157. The maximum atomic E-state index is 11.8. The Morgan fingerprint density at radius 3 is 2.22 bits per heavy atom. The second-order valence-electron chi connectivity index (χ2n) is 6.53. The molecular formula is C16H28O2. The summed E-state index contributed by atoms with van der Waals surface area (Å²) in [5.41, 5.74) is -0.356. The average Bonchev–Trinajstić information content (AvgIpc) is 2.41. The fraction of sp³-hybridized carbons (Fsp3) is 0.938. The normalized spacial score (nSPS) is 34.4. The smallest absolute Gasteiger partial charge is 0.309 e. The second kappa shape index (κ2) is 6.08. The summed E-state index contributed by atoms with van der Waals surface area (Å²) in [7, 11) is 0. The molecule has 104 valence electrons. The molecule has 0 aromatic carbocycles. The van der Waals surface area contributed by atoms with E-state index in [1.54, 1.807) is 0 Å². The maximum Gasteiger partial charge on any atom is 0.309 e. The molecule has 2 aliphatic carbocycles. The Hall–Kier alpha value is -0.530. The van der Waals surface area contributed by atoms with Gasteiger partial charge in [0.05, 0.1) is 5.41 Å². The minimum absolute atomic E-state index is 0.356. The van der Waals surface area contributed by atoms with Crippen LogP contribution in [0.3, 0.4) is 0 Å². The first kappa shape index (κ1) is 13.9. The van der Waals surface area contributed by atoms with E-state index in [4.69, 9.17) is 0 Å². The van der Waals surface area contributed by atoms with Crippen molar-refractivity contribution < 1.29 is 9.90 Å². The Labute approximate surface area is 111 Å². The van der Waals surface area contributed by atoms with Crippen molar-refractivity contribution in [1.82, 2.24) is 0 Å². The van der Waals surface area contributed by atoms with Gasteiger partial charge >= 0.3 is 5.97 Å². The molecule has 0 heterocycles. The molecule has 1 N–H and O–H groups in total. The van der Waals surface area contributed by atoms with Crippen LogP contribution in [0.25, 0.3) is 0 Å². The van der Waals surface area contributed by atoms with Gasteiger partial charge in [0.25, 0.3) is 0 Å². The van der Waals surface area contributed by atoms with Crippen molar-refractivity contribution in [2.45, 2.75) is 77.6 Å². The van der Waals surface area contributed by atoms with Crippen molar-refractivity contribution in [1.29, 1.82) is 0 Å². The van der Waals surface area contributed by atoms with Gasteiger partial charge in [-0.1, -0.05) is 39.0 Å². The van der Waals surface area contributed by atoms with Gasteiger partial charge in [-0.2, -0.15) is 0 Å². The monoisotopic (exact) mass is 252 g/mol. The Kier molecular flexibility index (Phi) is 4.69. The third kappa shape index (κ3) is 2.73. The summed E-state index contributed by atoms with van der Waals surface area (Å²) in [6.45, 7) is 2.24. The zero-order valence-corrected chi connectivity index (χ0v) is 11.8. The van der Waals surface area contributed by atoms with E-state index in [9.17, 15) is 9.90 Å². The lowest BCUT2D eigenvalue weighted by Gasteiger charge is -2.44. The van der Waals surface area contributed by atoms with Crippen molar-refractivity contribution in [3.63, 3.8) is 0 Å². The standard InChI is InChI=1S/C16H28O2/c1-2-6-13-9-11-16(12-10-13,15(17)18)14-7-4-3-5-8-14/h13-14H,2-12H2,1H3,(H,17,18). The summed E-state index contributed by atoms with van der Waals surface area (Å²) < 4.78 is 0. The van der Waals surface area contributed by atoms with Crippen LogP contribution in [0, 0.1) is 17.3 Å². The number of aliphatic carboxylic acids is 1. The predicted octanol–water partition coefficient (Wildman–Crippen LogP) is 4.63. The SMILES string of the molecule is CCCC1CCC(C(=O)O)(C2CCCCC2)CC1. The van der Waals surface area contributed by atoms with Crippen LogP contribution in [0.2, 0.25) is 0 Å². The zero-order chi connectivity index (χ0) is 13.0. The van der Waals surface area contributed by atoms with E-state index in [0.717, 1.165) is 44.4 Å². The summed E-state index contributed by atoms with van der Waals surface area (Å²) >= 11 is 0. The van der Waals surface area contributed by atoms with Crippen LogP contribution in [-0.4, -0.2) is 11.1 Å². The summed E-state index contributed by atoms with van der Waals surface area (Å²) in [5.74, 6) is 0.766. The largest absolute Gasteiger partial charge is 0.481 e. The van der Waals surface area contributed by atoms with E-state index < -0.39 is 5.97 Å². The molecule has 2 rings (SSSR count). The third-order valence-corrected chi connectivity index (χ3v) is 5.51. The first-order valence-corrected chi connectivity index (χ1v) is 7.92.